The van der Waals surface area contributed by atoms with Gasteiger partial charge in [0.15, 0.2) is 0 Å². The first kappa shape index (κ1) is 17.9. The number of benzene rings is 1. The summed E-state index contributed by atoms with van der Waals surface area (Å²) in [7, 11) is 0. The van der Waals surface area contributed by atoms with E-state index in [1.807, 2.05) is 48.2 Å². The van der Waals surface area contributed by atoms with E-state index >= 15 is 0 Å². The molecule has 27 heavy (non-hydrogen) atoms. The van der Waals surface area contributed by atoms with Crippen LogP contribution in [-0.4, -0.2) is 51.3 Å². The zero-order valence-electron chi connectivity index (χ0n) is 15.4. The fraction of sp³-hybridized carbons (Fsp3) is 0.429. The molecular weight excluding hydrogens is 342 g/mol. The predicted molar refractivity (Wildman–Crippen MR) is 103 cm³/mol. The molecule has 6 nitrogen and oxygen atoms in total. The highest BCUT2D eigenvalue weighted by Crippen LogP contribution is 2.37. The molecule has 2 heterocycles. The fourth-order valence-electron chi connectivity index (χ4n) is 4.37. The average Bonchev–Trinajstić information content (AvgIpc) is 3.04. The molecule has 6 heteroatoms. The number of nitrogens with two attached hydrogens (primary N) is 1. The second-order valence-corrected chi connectivity index (χ2v) is 7.80. The van der Waals surface area contributed by atoms with E-state index in [1.165, 1.54) is 0 Å². The molecule has 2 aliphatic rings. The highest BCUT2D eigenvalue weighted by molar-refractivity contribution is 5.95. The predicted octanol–water partition coefficient (Wildman–Crippen LogP) is 1.84. The molecule has 1 aliphatic heterocycles. The molecule has 0 bridgehead atoms. The highest BCUT2D eigenvalue weighted by atomic mass is 16.3. The van der Waals surface area contributed by atoms with Gasteiger partial charge in [-0.15, -0.1) is 0 Å². The number of carbonyl (C=O) groups is 1. The van der Waals surface area contributed by atoms with Gasteiger partial charge in [0.2, 0.25) is 0 Å². The molecule has 1 saturated heterocycles. The summed E-state index contributed by atoms with van der Waals surface area (Å²) in [6.07, 6.45) is -0.217. The normalized spacial score (nSPS) is 27.4. The number of hydrogen-bond donors (Lipinski definition) is 3. The van der Waals surface area contributed by atoms with Crippen LogP contribution in [0.4, 0.5) is 5.82 Å². The van der Waals surface area contributed by atoms with Gasteiger partial charge < -0.3 is 20.8 Å². The van der Waals surface area contributed by atoms with Gasteiger partial charge in [0.25, 0.3) is 5.91 Å². The topological polar surface area (TPSA) is 99.7 Å². The Morgan fingerprint density at radius 1 is 1.04 bits per heavy atom. The number of aryl methyl sites for hydroxylation is 1. The third-order valence-electron chi connectivity index (χ3n) is 5.90. The number of pyridine rings is 1. The van der Waals surface area contributed by atoms with Crippen LogP contribution in [0.25, 0.3) is 11.1 Å². The van der Waals surface area contributed by atoms with E-state index in [9.17, 15) is 15.0 Å². The van der Waals surface area contributed by atoms with Crippen molar-refractivity contribution in [3.05, 3.63) is 47.7 Å². The second kappa shape index (κ2) is 6.94. The molecule has 4 atom stereocenters. The smallest absolute Gasteiger partial charge is 0.253 e. The molecule has 2 aromatic rings. The molecular formula is C21H25N3O3. The van der Waals surface area contributed by atoms with E-state index in [0.717, 1.165) is 16.8 Å². The molecule has 0 radical (unpaired) electrons. The molecule has 1 amide bonds. The lowest BCUT2D eigenvalue weighted by molar-refractivity contribution is -0.0372. The van der Waals surface area contributed by atoms with Gasteiger partial charge in [0.1, 0.15) is 5.82 Å². The molecule has 4 unspecified atom stereocenters. The molecule has 1 aromatic carbocycles. The molecule has 1 aliphatic carbocycles. The zero-order valence-corrected chi connectivity index (χ0v) is 15.4. The van der Waals surface area contributed by atoms with Gasteiger partial charge in [-0.2, -0.15) is 0 Å². The Kier molecular flexibility index (Phi) is 4.61. The molecule has 4 N–H and O–H groups in total. The lowest BCUT2D eigenvalue weighted by Gasteiger charge is -2.31. The molecule has 4 rings (SSSR count). The van der Waals surface area contributed by atoms with Crippen molar-refractivity contribution in [1.82, 2.24) is 9.88 Å². The third-order valence-corrected chi connectivity index (χ3v) is 5.90. The van der Waals surface area contributed by atoms with Crippen molar-refractivity contribution in [2.24, 2.45) is 11.8 Å². The van der Waals surface area contributed by atoms with Crippen LogP contribution >= 0.6 is 0 Å². The van der Waals surface area contributed by atoms with Gasteiger partial charge in [-0.25, -0.2) is 4.98 Å². The number of hydrogen-bond acceptors (Lipinski definition) is 5. The summed E-state index contributed by atoms with van der Waals surface area (Å²) in [5, 5.41) is 19.8. The Labute approximate surface area is 158 Å². The van der Waals surface area contributed by atoms with Gasteiger partial charge in [-0.05, 0) is 61.4 Å². The first-order chi connectivity index (χ1) is 12.9. The van der Waals surface area contributed by atoms with Gasteiger partial charge in [-0.1, -0.05) is 12.1 Å². The number of nitrogen functional groups attached to an aromatic ring is 1. The maximum absolute atomic E-state index is 12.9. The lowest BCUT2D eigenvalue weighted by Crippen LogP contribution is -2.38. The summed E-state index contributed by atoms with van der Waals surface area (Å²) in [5.41, 5.74) is 9.30. The van der Waals surface area contributed by atoms with Crippen molar-refractivity contribution in [3.8, 4) is 11.1 Å². The Bertz CT molecular complexity index is 834. The number of nitrogens with zero attached hydrogens (tertiary/aromatic N) is 2. The van der Waals surface area contributed by atoms with Crippen LogP contribution in [-0.2, 0) is 0 Å². The standard InChI is InChI=1S/C21H25N3O3/c1-12-2-7-17(20(22)23-12)13-3-5-14(6-4-13)21(27)24-10-15-8-18(25)19(26)9-16(15)11-24/h2-7,15-16,18-19,25-26H,8-11H2,1H3,(H2,22,23). The molecule has 1 saturated carbocycles. The van der Waals surface area contributed by atoms with Crippen LogP contribution in [0.2, 0.25) is 0 Å². The zero-order chi connectivity index (χ0) is 19.1. The van der Waals surface area contributed by atoms with E-state index < -0.39 is 12.2 Å². The number of aliphatic hydroxyl groups excluding tert-OH is 2. The quantitative estimate of drug-likeness (QED) is 0.752. The second-order valence-electron chi connectivity index (χ2n) is 7.80. The number of anilines is 1. The number of aliphatic hydroxyl groups is 2. The van der Waals surface area contributed by atoms with Crippen molar-refractivity contribution in [3.63, 3.8) is 0 Å². The first-order valence-corrected chi connectivity index (χ1v) is 9.41. The van der Waals surface area contributed by atoms with Crippen LogP contribution in [0.1, 0.15) is 28.9 Å². The molecule has 0 spiro atoms. The van der Waals surface area contributed by atoms with Crippen LogP contribution in [0.3, 0.4) is 0 Å². The fourth-order valence-corrected chi connectivity index (χ4v) is 4.37. The van der Waals surface area contributed by atoms with Crippen LogP contribution in [0, 0.1) is 18.8 Å². The number of aromatic nitrogens is 1. The van der Waals surface area contributed by atoms with Crippen molar-refractivity contribution in [1.29, 1.82) is 0 Å². The maximum atomic E-state index is 12.9. The van der Waals surface area contributed by atoms with Crippen LogP contribution in [0.15, 0.2) is 36.4 Å². The summed E-state index contributed by atoms with van der Waals surface area (Å²) < 4.78 is 0. The van der Waals surface area contributed by atoms with E-state index in [4.69, 9.17) is 5.73 Å². The first-order valence-electron chi connectivity index (χ1n) is 9.41. The number of carbonyl (C=O) groups excluding carboxylic acids is 1. The minimum absolute atomic E-state index is 0.00469. The number of rotatable bonds is 2. The van der Waals surface area contributed by atoms with E-state index in [-0.39, 0.29) is 17.7 Å². The minimum Gasteiger partial charge on any atom is -0.390 e. The van der Waals surface area contributed by atoms with Crippen molar-refractivity contribution >= 4 is 11.7 Å². The summed E-state index contributed by atoms with van der Waals surface area (Å²) in [6.45, 7) is 3.18. The molecule has 2 fully saturated rings. The Balaban J connectivity index is 1.49. The summed E-state index contributed by atoms with van der Waals surface area (Å²) in [4.78, 5) is 19.0. The highest BCUT2D eigenvalue weighted by Gasteiger charge is 2.42. The van der Waals surface area contributed by atoms with E-state index in [2.05, 4.69) is 4.98 Å². The van der Waals surface area contributed by atoms with Crippen molar-refractivity contribution in [2.45, 2.75) is 32.0 Å². The Morgan fingerprint density at radius 3 is 2.19 bits per heavy atom. The molecule has 142 valence electrons. The largest absolute Gasteiger partial charge is 0.390 e. The van der Waals surface area contributed by atoms with E-state index in [0.29, 0.717) is 37.3 Å². The minimum atomic E-state index is -0.672. The van der Waals surface area contributed by atoms with Crippen molar-refractivity contribution < 1.29 is 15.0 Å². The Hall–Kier alpha value is -2.44. The van der Waals surface area contributed by atoms with Crippen LogP contribution in [0.5, 0.6) is 0 Å². The maximum Gasteiger partial charge on any atom is 0.253 e. The monoisotopic (exact) mass is 367 g/mol. The van der Waals surface area contributed by atoms with Gasteiger partial charge in [-0.3, -0.25) is 4.79 Å². The van der Waals surface area contributed by atoms with Gasteiger partial charge in [0, 0.05) is 29.9 Å². The Morgan fingerprint density at radius 2 is 1.63 bits per heavy atom. The SMILES string of the molecule is Cc1ccc(-c2ccc(C(=O)N3CC4CC(O)C(O)CC4C3)cc2)c(N)n1. The lowest BCUT2D eigenvalue weighted by atomic mass is 9.79. The van der Waals surface area contributed by atoms with Gasteiger partial charge in [0.05, 0.1) is 12.2 Å². The van der Waals surface area contributed by atoms with Crippen LogP contribution < -0.4 is 5.73 Å². The number of fused-ring (bicyclic) bond motifs is 1. The van der Waals surface area contributed by atoms with Gasteiger partial charge >= 0.3 is 0 Å². The number of amides is 1. The van der Waals surface area contributed by atoms with E-state index in [1.54, 1.807) is 0 Å². The summed E-state index contributed by atoms with van der Waals surface area (Å²) >= 11 is 0. The van der Waals surface area contributed by atoms with Crippen molar-refractivity contribution in [2.75, 3.05) is 18.8 Å². The number of likely N-dealkylation sites (tertiary alicyclic amines) is 1. The summed E-state index contributed by atoms with van der Waals surface area (Å²) in [6, 6.07) is 11.3. The third kappa shape index (κ3) is 3.42. The average molecular weight is 367 g/mol. The molecule has 1 aromatic heterocycles. The summed E-state index contributed by atoms with van der Waals surface area (Å²) in [5.74, 6) is 1.01.